The van der Waals surface area contributed by atoms with Crippen LogP contribution in [0.4, 0.5) is 0 Å². The van der Waals surface area contributed by atoms with Gasteiger partial charge in [0.25, 0.3) is 0 Å². The summed E-state index contributed by atoms with van der Waals surface area (Å²) >= 11 is 11.9. The SMILES string of the molecule is NC1=NCC(c2cc(Cl)ccc2Cl)N1. The van der Waals surface area contributed by atoms with Crippen LogP contribution in [0.15, 0.2) is 23.2 Å². The summed E-state index contributed by atoms with van der Waals surface area (Å²) in [6.07, 6.45) is 0. The summed E-state index contributed by atoms with van der Waals surface area (Å²) in [6.45, 7) is 0.603. The Hall–Kier alpha value is -0.930. The number of hydrogen-bond acceptors (Lipinski definition) is 3. The molecule has 0 bridgehead atoms. The number of nitrogens with two attached hydrogens (primary N) is 1. The average molecular weight is 230 g/mol. The standard InChI is InChI=1S/C9H9Cl2N3/c10-5-1-2-7(11)6(3-5)8-4-13-9(12)14-8/h1-3,8H,4H2,(H3,12,13,14). The molecule has 1 aromatic rings. The lowest BCUT2D eigenvalue weighted by Crippen LogP contribution is -2.29. The third-order valence-electron chi connectivity index (χ3n) is 2.10. The molecule has 1 heterocycles. The average Bonchev–Trinajstić information content (AvgIpc) is 2.56. The van der Waals surface area contributed by atoms with Crippen LogP contribution in [0.1, 0.15) is 11.6 Å². The van der Waals surface area contributed by atoms with Gasteiger partial charge in [0, 0.05) is 10.0 Å². The Morgan fingerprint density at radius 3 is 2.86 bits per heavy atom. The zero-order valence-electron chi connectivity index (χ0n) is 7.30. The summed E-state index contributed by atoms with van der Waals surface area (Å²) in [6, 6.07) is 5.40. The van der Waals surface area contributed by atoms with Crippen LogP contribution in [0, 0.1) is 0 Å². The molecular formula is C9H9Cl2N3. The highest BCUT2D eigenvalue weighted by atomic mass is 35.5. The van der Waals surface area contributed by atoms with Gasteiger partial charge < -0.3 is 11.1 Å². The highest BCUT2D eigenvalue weighted by Gasteiger charge is 2.19. The minimum absolute atomic E-state index is 0.0428. The van der Waals surface area contributed by atoms with Gasteiger partial charge in [-0.2, -0.15) is 0 Å². The van der Waals surface area contributed by atoms with Gasteiger partial charge in [0.1, 0.15) is 0 Å². The van der Waals surface area contributed by atoms with E-state index < -0.39 is 0 Å². The van der Waals surface area contributed by atoms with E-state index in [1.165, 1.54) is 0 Å². The fourth-order valence-electron chi connectivity index (χ4n) is 1.42. The topological polar surface area (TPSA) is 50.4 Å². The van der Waals surface area contributed by atoms with Gasteiger partial charge >= 0.3 is 0 Å². The molecule has 14 heavy (non-hydrogen) atoms. The molecule has 1 unspecified atom stereocenters. The highest BCUT2D eigenvalue weighted by Crippen LogP contribution is 2.27. The molecule has 0 amide bonds. The van der Waals surface area contributed by atoms with E-state index >= 15 is 0 Å². The molecule has 5 heteroatoms. The predicted octanol–water partition coefficient (Wildman–Crippen LogP) is 1.95. The second kappa shape index (κ2) is 3.67. The molecule has 3 N–H and O–H groups in total. The van der Waals surface area contributed by atoms with Crippen molar-refractivity contribution >= 4 is 29.2 Å². The summed E-state index contributed by atoms with van der Waals surface area (Å²) in [4.78, 5) is 4.05. The third-order valence-corrected chi connectivity index (χ3v) is 2.68. The summed E-state index contributed by atoms with van der Waals surface area (Å²) in [7, 11) is 0. The number of benzene rings is 1. The Bertz CT molecular complexity index is 390. The van der Waals surface area contributed by atoms with E-state index in [2.05, 4.69) is 10.3 Å². The fourth-order valence-corrected chi connectivity index (χ4v) is 1.85. The van der Waals surface area contributed by atoms with Gasteiger partial charge in [-0.25, -0.2) is 0 Å². The third kappa shape index (κ3) is 1.79. The lowest BCUT2D eigenvalue weighted by atomic mass is 10.1. The quantitative estimate of drug-likeness (QED) is 0.774. The maximum Gasteiger partial charge on any atom is 0.189 e. The molecule has 0 radical (unpaired) electrons. The molecule has 3 nitrogen and oxygen atoms in total. The van der Waals surface area contributed by atoms with Crippen molar-refractivity contribution in [3.05, 3.63) is 33.8 Å². The number of nitrogens with one attached hydrogen (secondary N) is 1. The van der Waals surface area contributed by atoms with Crippen LogP contribution in [0.5, 0.6) is 0 Å². The maximum atomic E-state index is 6.03. The van der Waals surface area contributed by atoms with Crippen molar-refractivity contribution in [2.45, 2.75) is 6.04 Å². The molecule has 1 aromatic carbocycles. The monoisotopic (exact) mass is 229 g/mol. The normalized spacial score (nSPS) is 20.4. The smallest absolute Gasteiger partial charge is 0.189 e. The maximum absolute atomic E-state index is 6.03. The van der Waals surface area contributed by atoms with Crippen LogP contribution in [0.2, 0.25) is 10.0 Å². The number of halogens is 2. The van der Waals surface area contributed by atoms with E-state index in [4.69, 9.17) is 28.9 Å². The number of guanidine groups is 1. The van der Waals surface area contributed by atoms with E-state index in [9.17, 15) is 0 Å². The molecule has 0 aromatic heterocycles. The molecule has 2 rings (SSSR count). The van der Waals surface area contributed by atoms with E-state index in [1.807, 2.05) is 6.07 Å². The van der Waals surface area contributed by atoms with Gasteiger partial charge in [-0.15, -0.1) is 0 Å². The van der Waals surface area contributed by atoms with Crippen molar-refractivity contribution in [2.24, 2.45) is 10.7 Å². The number of hydrogen-bond donors (Lipinski definition) is 2. The molecule has 0 saturated heterocycles. The molecule has 74 valence electrons. The Labute approximate surface area is 91.9 Å². The van der Waals surface area contributed by atoms with Crippen molar-refractivity contribution in [1.29, 1.82) is 0 Å². The highest BCUT2D eigenvalue weighted by molar-refractivity contribution is 6.33. The minimum Gasteiger partial charge on any atom is -0.370 e. The number of nitrogens with zero attached hydrogens (tertiary/aromatic N) is 1. The molecule has 0 aliphatic carbocycles. The van der Waals surface area contributed by atoms with Gasteiger partial charge in [0.15, 0.2) is 5.96 Å². The second-order valence-corrected chi connectivity index (χ2v) is 3.93. The summed E-state index contributed by atoms with van der Waals surface area (Å²) < 4.78 is 0. The van der Waals surface area contributed by atoms with Gasteiger partial charge in [-0.3, -0.25) is 4.99 Å². The lowest BCUT2D eigenvalue weighted by molar-refractivity contribution is 0.708. The molecule has 1 aliphatic heterocycles. The Morgan fingerprint density at radius 2 is 2.21 bits per heavy atom. The van der Waals surface area contributed by atoms with Crippen LogP contribution >= 0.6 is 23.2 Å². The first-order chi connectivity index (χ1) is 6.66. The zero-order chi connectivity index (χ0) is 10.1. The number of rotatable bonds is 1. The molecule has 0 saturated carbocycles. The van der Waals surface area contributed by atoms with Gasteiger partial charge in [0.05, 0.1) is 12.6 Å². The fraction of sp³-hybridized carbons (Fsp3) is 0.222. The van der Waals surface area contributed by atoms with E-state index in [0.29, 0.717) is 22.5 Å². The van der Waals surface area contributed by atoms with Crippen molar-refractivity contribution in [3.8, 4) is 0 Å². The van der Waals surface area contributed by atoms with Crippen LogP contribution in [0.3, 0.4) is 0 Å². The molecule has 1 aliphatic rings. The first kappa shape index (κ1) is 9.62. The molecule has 0 fully saturated rings. The van der Waals surface area contributed by atoms with Gasteiger partial charge in [-0.1, -0.05) is 23.2 Å². The molecule has 1 atom stereocenters. The summed E-state index contributed by atoms with van der Waals surface area (Å²) in [5.74, 6) is 0.450. The summed E-state index contributed by atoms with van der Waals surface area (Å²) in [5.41, 5.74) is 6.45. The van der Waals surface area contributed by atoms with E-state index in [-0.39, 0.29) is 6.04 Å². The molecular weight excluding hydrogens is 221 g/mol. The Balaban J connectivity index is 2.28. The van der Waals surface area contributed by atoms with Crippen LogP contribution in [-0.2, 0) is 0 Å². The zero-order valence-corrected chi connectivity index (χ0v) is 8.81. The van der Waals surface area contributed by atoms with E-state index in [1.54, 1.807) is 12.1 Å². The Kier molecular flexibility index (Phi) is 2.52. The van der Waals surface area contributed by atoms with Crippen LogP contribution in [0.25, 0.3) is 0 Å². The Morgan fingerprint density at radius 1 is 1.43 bits per heavy atom. The van der Waals surface area contributed by atoms with Gasteiger partial charge in [-0.05, 0) is 23.8 Å². The van der Waals surface area contributed by atoms with Crippen molar-refractivity contribution in [3.63, 3.8) is 0 Å². The van der Waals surface area contributed by atoms with E-state index in [0.717, 1.165) is 5.56 Å². The van der Waals surface area contributed by atoms with Crippen molar-refractivity contribution < 1.29 is 0 Å². The van der Waals surface area contributed by atoms with Crippen LogP contribution < -0.4 is 11.1 Å². The number of aliphatic imine (C=N–C) groups is 1. The first-order valence-electron chi connectivity index (χ1n) is 4.18. The first-order valence-corrected chi connectivity index (χ1v) is 4.94. The van der Waals surface area contributed by atoms with Crippen molar-refractivity contribution in [1.82, 2.24) is 5.32 Å². The van der Waals surface area contributed by atoms with Crippen molar-refractivity contribution in [2.75, 3.05) is 6.54 Å². The second-order valence-electron chi connectivity index (χ2n) is 3.09. The summed E-state index contributed by atoms with van der Waals surface area (Å²) in [5, 5.41) is 4.36. The largest absolute Gasteiger partial charge is 0.370 e. The molecule has 0 spiro atoms. The lowest BCUT2D eigenvalue weighted by Gasteiger charge is -2.12. The predicted molar refractivity (Wildman–Crippen MR) is 58.8 cm³/mol. The van der Waals surface area contributed by atoms with Gasteiger partial charge in [0.2, 0.25) is 0 Å². The van der Waals surface area contributed by atoms with Crippen LogP contribution in [-0.4, -0.2) is 12.5 Å². The minimum atomic E-state index is 0.0428.